The molecular formula is C6H11NO5. The van der Waals surface area contributed by atoms with Crippen molar-refractivity contribution in [1.29, 1.82) is 0 Å². The summed E-state index contributed by atoms with van der Waals surface area (Å²) in [5, 5.41) is 37.3. The quantitative estimate of drug-likeness (QED) is 0.304. The van der Waals surface area contributed by atoms with Crippen molar-refractivity contribution in [2.75, 3.05) is 13.2 Å². The van der Waals surface area contributed by atoms with Gasteiger partial charge in [0.15, 0.2) is 11.4 Å². The number of aliphatic hydroxyl groups excluding tert-OH is 4. The van der Waals surface area contributed by atoms with Crippen LogP contribution in [-0.4, -0.2) is 57.3 Å². The predicted octanol–water partition coefficient (Wildman–Crippen LogP) is -3.28. The van der Waals surface area contributed by atoms with Gasteiger partial charge in [0.1, 0.15) is 13.6 Å². The highest BCUT2D eigenvalue weighted by Crippen LogP contribution is 2.45. The summed E-state index contributed by atoms with van der Waals surface area (Å²) in [5.74, 6) is 0. The maximum absolute atomic E-state index is 9.42. The summed E-state index contributed by atoms with van der Waals surface area (Å²) in [7, 11) is 0. The molecule has 6 nitrogen and oxygen atoms in total. The van der Waals surface area contributed by atoms with Crippen LogP contribution in [0.15, 0.2) is 0 Å². The molecule has 4 atom stereocenters. The van der Waals surface area contributed by atoms with Crippen molar-refractivity contribution in [3.63, 3.8) is 0 Å². The maximum atomic E-state index is 9.42. The maximum Gasteiger partial charge on any atom is 0.176 e. The molecule has 70 valence electrons. The van der Waals surface area contributed by atoms with Crippen molar-refractivity contribution in [2.45, 2.75) is 23.7 Å². The number of ether oxygens (including phenoxy) is 1. The largest absolute Gasteiger partial charge is 0.392 e. The van der Waals surface area contributed by atoms with Crippen molar-refractivity contribution in [3.8, 4) is 0 Å². The van der Waals surface area contributed by atoms with Crippen LogP contribution in [0.25, 0.3) is 0 Å². The van der Waals surface area contributed by atoms with E-state index in [-0.39, 0.29) is 0 Å². The molecule has 3 aliphatic rings. The average Bonchev–Trinajstić information content (AvgIpc) is 2.46. The molecule has 3 heterocycles. The number of hydrogen-bond donors (Lipinski definition) is 5. The second-order valence-corrected chi connectivity index (χ2v) is 3.11. The third kappa shape index (κ3) is 0.657. The van der Waals surface area contributed by atoms with E-state index in [0.29, 0.717) is 0 Å². The lowest BCUT2D eigenvalue weighted by atomic mass is 10.1. The van der Waals surface area contributed by atoms with Crippen LogP contribution < -0.4 is 5.31 Å². The third-order valence-corrected chi connectivity index (χ3v) is 2.41. The van der Waals surface area contributed by atoms with Crippen LogP contribution in [0.2, 0.25) is 1.41 Å². The first-order valence-corrected chi connectivity index (χ1v) is 3.62. The molecule has 6 heteroatoms. The van der Waals surface area contributed by atoms with Gasteiger partial charge in [-0.1, -0.05) is 0 Å². The Morgan fingerprint density at radius 3 is 1.83 bits per heavy atom. The van der Waals surface area contributed by atoms with Gasteiger partial charge in [0.05, 0.1) is 13.2 Å². The second-order valence-electron chi connectivity index (χ2n) is 3.11. The van der Waals surface area contributed by atoms with E-state index in [0.717, 1.165) is 5.31 Å². The van der Waals surface area contributed by atoms with Gasteiger partial charge < -0.3 is 25.2 Å². The third-order valence-electron chi connectivity index (χ3n) is 2.41. The van der Waals surface area contributed by atoms with E-state index in [1.807, 2.05) is 0 Å². The van der Waals surface area contributed by atoms with Crippen molar-refractivity contribution >= 4 is 0 Å². The molecular weight excluding hydrogens is 166 g/mol. The molecule has 12 heavy (non-hydrogen) atoms. The van der Waals surface area contributed by atoms with Crippen LogP contribution in [0.3, 0.4) is 0 Å². The predicted molar refractivity (Wildman–Crippen MR) is 35.9 cm³/mol. The lowest BCUT2D eigenvalue weighted by Crippen LogP contribution is -2.73. The summed E-state index contributed by atoms with van der Waals surface area (Å²) >= 11 is 0. The molecule has 3 fully saturated rings. The monoisotopic (exact) mass is 178 g/mol. The van der Waals surface area contributed by atoms with Gasteiger partial charge in [-0.2, -0.15) is 0 Å². The summed E-state index contributed by atoms with van der Waals surface area (Å²) < 4.78 is 12.4. The van der Waals surface area contributed by atoms with E-state index in [1.165, 1.54) is 0 Å². The zero-order chi connectivity index (χ0) is 9.85. The molecule has 0 radical (unpaired) electrons. The van der Waals surface area contributed by atoms with E-state index in [2.05, 4.69) is 0 Å². The first-order valence-electron chi connectivity index (χ1n) is 4.07. The Kier molecular flexibility index (Phi) is 1.30. The molecule has 3 aliphatic heterocycles. The Balaban J connectivity index is 2.33. The van der Waals surface area contributed by atoms with E-state index in [9.17, 15) is 10.2 Å². The van der Waals surface area contributed by atoms with Gasteiger partial charge in [0, 0.05) is 0 Å². The molecule has 2 bridgehead atoms. The van der Waals surface area contributed by atoms with Crippen LogP contribution >= 0.6 is 0 Å². The summed E-state index contributed by atoms with van der Waals surface area (Å²) in [5.41, 5.74) is -3.13. The van der Waals surface area contributed by atoms with E-state index >= 15 is 0 Å². The normalized spacial score (nSPS) is 59.8. The minimum atomic E-state index is -1.57. The standard InChI is InChI=1S/C6H11NO5/c8-1-5-3(10)4(11)6(2-9,7-5)12-5/h3-4,7-11H,1-2H2/t3-,4+,5+,6-/i/hD. The number of rotatable bonds is 2. The topological polar surface area (TPSA) is 102 Å². The SMILES string of the molecule is [2H]N1[C@@]2(CO)O[C@]1(CO)[C@@H](O)[C@H]2O. The van der Waals surface area contributed by atoms with Gasteiger partial charge in [0.2, 0.25) is 0 Å². The van der Waals surface area contributed by atoms with Gasteiger partial charge in [-0.3, -0.25) is 5.31 Å². The van der Waals surface area contributed by atoms with Crippen LogP contribution in [-0.2, 0) is 4.74 Å². The van der Waals surface area contributed by atoms with Gasteiger partial charge in [0.25, 0.3) is 0 Å². The van der Waals surface area contributed by atoms with Crippen LogP contribution in [0, 0.1) is 0 Å². The zero-order valence-corrected chi connectivity index (χ0v) is 6.21. The molecule has 0 saturated carbocycles. The van der Waals surface area contributed by atoms with Gasteiger partial charge in [-0.25, -0.2) is 0 Å². The second kappa shape index (κ2) is 2.16. The molecule has 3 rings (SSSR count). The van der Waals surface area contributed by atoms with E-state index in [4.69, 9.17) is 16.4 Å². The minimum absolute atomic E-state index is 0.601. The van der Waals surface area contributed by atoms with Crippen molar-refractivity contribution < 1.29 is 26.6 Å². The fourth-order valence-corrected chi connectivity index (χ4v) is 1.70. The fourth-order valence-electron chi connectivity index (χ4n) is 1.70. The first-order chi connectivity index (χ1) is 6.05. The summed E-state index contributed by atoms with van der Waals surface area (Å²) in [6, 6.07) is 0. The van der Waals surface area contributed by atoms with E-state index < -0.39 is 36.9 Å². The van der Waals surface area contributed by atoms with E-state index in [1.54, 1.807) is 0 Å². The molecule has 3 saturated heterocycles. The number of hydrogen-bond acceptors (Lipinski definition) is 6. The highest BCUT2D eigenvalue weighted by atomic mass is 16.7. The number of fused-ring (bicyclic) bond motifs is 1. The molecule has 5 N–H and O–H groups in total. The Bertz CT molecular complexity index is 219. The number of aliphatic hydroxyl groups is 4. The summed E-state index contributed by atoms with van der Waals surface area (Å²) in [4.78, 5) is 0. The molecule has 0 aromatic rings. The number of nitrogens with one attached hydrogen (secondary N) is 1. The molecule has 0 aliphatic carbocycles. The van der Waals surface area contributed by atoms with Gasteiger partial charge >= 0.3 is 0 Å². The molecule has 0 amide bonds. The Hall–Kier alpha value is -0.240. The van der Waals surface area contributed by atoms with Crippen LogP contribution in [0.1, 0.15) is 0 Å². The van der Waals surface area contributed by atoms with Gasteiger partial charge in [-0.15, -0.1) is 0 Å². The molecule has 0 unspecified atom stereocenters. The smallest absolute Gasteiger partial charge is 0.176 e. The summed E-state index contributed by atoms with van der Waals surface area (Å²) in [6.45, 7) is -1.20. The Morgan fingerprint density at radius 2 is 1.67 bits per heavy atom. The molecule has 0 spiro atoms. The van der Waals surface area contributed by atoms with Crippen LogP contribution in [0.4, 0.5) is 0 Å². The highest BCUT2D eigenvalue weighted by molar-refractivity contribution is 5.18. The van der Waals surface area contributed by atoms with Crippen LogP contribution in [0.5, 0.6) is 0 Å². The minimum Gasteiger partial charge on any atom is -0.392 e. The van der Waals surface area contributed by atoms with Crippen molar-refractivity contribution in [2.24, 2.45) is 0 Å². The van der Waals surface area contributed by atoms with Gasteiger partial charge in [-0.05, 0) is 0 Å². The Morgan fingerprint density at radius 1 is 1.25 bits per heavy atom. The zero-order valence-electron chi connectivity index (χ0n) is 7.21. The fraction of sp³-hybridized carbons (Fsp3) is 1.00. The van der Waals surface area contributed by atoms with Crippen molar-refractivity contribution in [3.05, 3.63) is 0 Å². The highest BCUT2D eigenvalue weighted by Gasteiger charge is 2.73. The summed E-state index contributed by atoms with van der Waals surface area (Å²) in [6.07, 6.45) is -2.75. The lowest BCUT2D eigenvalue weighted by molar-refractivity contribution is -0.300. The van der Waals surface area contributed by atoms with Crippen molar-refractivity contribution in [1.82, 2.24) is 5.31 Å². The molecule has 0 aromatic heterocycles. The lowest BCUT2D eigenvalue weighted by Gasteiger charge is -2.47. The first kappa shape index (κ1) is 7.19. The Labute approximate surface area is 69.9 Å². The molecule has 0 aromatic carbocycles. The average molecular weight is 178 g/mol.